The molecule has 2 aromatic rings. The van der Waals surface area contributed by atoms with Crippen molar-refractivity contribution in [2.24, 2.45) is 0 Å². The second-order valence-corrected chi connectivity index (χ2v) is 8.55. The van der Waals surface area contributed by atoms with Crippen molar-refractivity contribution in [3.05, 3.63) is 47.3 Å². The number of hydrogen-bond donors (Lipinski definition) is 2. The van der Waals surface area contributed by atoms with Crippen LogP contribution >= 0.6 is 0 Å². The molecule has 1 aliphatic heterocycles. The van der Waals surface area contributed by atoms with Crippen LogP contribution in [0.2, 0.25) is 0 Å². The maximum atomic E-state index is 12.8. The topological polar surface area (TPSA) is 95.2 Å². The van der Waals surface area contributed by atoms with Crippen molar-refractivity contribution >= 4 is 15.9 Å². The van der Waals surface area contributed by atoms with Crippen molar-refractivity contribution in [2.75, 3.05) is 13.1 Å². The van der Waals surface area contributed by atoms with E-state index in [-0.39, 0.29) is 16.8 Å². The third-order valence-electron chi connectivity index (χ3n) is 4.68. The predicted octanol–water partition coefficient (Wildman–Crippen LogP) is 1.54. The van der Waals surface area contributed by atoms with Crippen LogP contribution in [0.3, 0.4) is 0 Å². The number of aryl methyl sites for hydroxylation is 2. The molecule has 0 spiro atoms. The van der Waals surface area contributed by atoms with Crippen LogP contribution in [-0.4, -0.2) is 48.0 Å². The molecule has 0 radical (unpaired) electrons. The molecular formula is C18H24N4O3S. The van der Waals surface area contributed by atoms with Crippen LogP contribution in [0.15, 0.2) is 35.2 Å². The highest BCUT2D eigenvalue weighted by Gasteiger charge is 2.33. The minimum Gasteiger partial charge on any atom is -0.353 e. The zero-order valence-corrected chi connectivity index (χ0v) is 15.8. The number of aromatic nitrogens is 2. The number of aromatic amines is 1. The number of nitrogens with one attached hydrogen (secondary N) is 2. The summed E-state index contributed by atoms with van der Waals surface area (Å²) in [5.74, 6) is -0.0287. The highest BCUT2D eigenvalue weighted by Crippen LogP contribution is 2.24. The largest absolute Gasteiger partial charge is 0.353 e. The lowest BCUT2D eigenvalue weighted by Gasteiger charge is -2.31. The molecule has 7 nitrogen and oxygen atoms in total. The molecule has 0 bridgehead atoms. The SMILES string of the molecule is Cc1n[nH]c(C)c1S(=O)(=O)N1CCC(NC(=O)Cc2ccccc2)CC1. The second-order valence-electron chi connectivity index (χ2n) is 6.67. The molecule has 1 amide bonds. The van der Waals surface area contributed by atoms with Crippen LogP contribution in [0.5, 0.6) is 0 Å². The summed E-state index contributed by atoms with van der Waals surface area (Å²) in [6, 6.07) is 9.58. The van der Waals surface area contributed by atoms with Crippen molar-refractivity contribution in [2.45, 2.75) is 44.0 Å². The number of carbonyl (C=O) groups excluding carboxylic acids is 1. The van der Waals surface area contributed by atoms with Crippen molar-refractivity contribution in [3.63, 3.8) is 0 Å². The third-order valence-corrected chi connectivity index (χ3v) is 6.85. The average molecular weight is 376 g/mol. The Morgan fingerprint density at radius 1 is 1.23 bits per heavy atom. The van der Waals surface area contributed by atoms with Gasteiger partial charge in [0, 0.05) is 19.1 Å². The van der Waals surface area contributed by atoms with E-state index in [0.717, 1.165) is 5.56 Å². The predicted molar refractivity (Wildman–Crippen MR) is 98.1 cm³/mol. The standard InChI is InChI=1S/C18H24N4O3S/c1-13-18(14(2)21-20-13)26(24,25)22-10-8-16(9-11-22)19-17(23)12-15-6-4-3-5-7-15/h3-7,16H,8-12H2,1-2H3,(H,19,23)(H,20,21). The normalized spacial score (nSPS) is 16.5. The maximum absolute atomic E-state index is 12.8. The lowest BCUT2D eigenvalue weighted by molar-refractivity contribution is -0.121. The van der Waals surface area contributed by atoms with Crippen LogP contribution in [0, 0.1) is 13.8 Å². The van der Waals surface area contributed by atoms with Gasteiger partial charge < -0.3 is 5.32 Å². The van der Waals surface area contributed by atoms with E-state index in [2.05, 4.69) is 15.5 Å². The molecule has 1 fully saturated rings. The fraction of sp³-hybridized carbons (Fsp3) is 0.444. The number of sulfonamides is 1. The Kier molecular flexibility index (Phi) is 5.43. The monoisotopic (exact) mass is 376 g/mol. The zero-order valence-electron chi connectivity index (χ0n) is 15.0. The Morgan fingerprint density at radius 3 is 2.46 bits per heavy atom. The maximum Gasteiger partial charge on any atom is 0.246 e. The van der Waals surface area contributed by atoms with E-state index in [1.54, 1.807) is 13.8 Å². The summed E-state index contributed by atoms with van der Waals surface area (Å²) >= 11 is 0. The minimum atomic E-state index is -3.55. The molecule has 0 unspecified atom stereocenters. The number of nitrogens with zero attached hydrogens (tertiary/aromatic N) is 2. The molecule has 1 saturated heterocycles. The quantitative estimate of drug-likeness (QED) is 0.827. The van der Waals surface area contributed by atoms with Crippen LogP contribution in [0.1, 0.15) is 29.8 Å². The summed E-state index contributed by atoms with van der Waals surface area (Å²) in [6.07, 6.45) is 1.55. The molecule has 1 aromatic heterocycles. The Bertz CT molecular complexity index is 850. The van der Waals surface area contributed by atoms with Gasteiger partial charge in [0.05, 0.1) is 17.8 Å². The summed E-state index contributed by atoms with van der Waals surface area (Å²) in [7, 11) is -3.55. The van der Waals surface area contributed by atoms with Gasteiger partial charge in [-0.05, 0) is 32.3 Å². The van der Waals surface area contributed by atoms with Gasteiger partial charge in [-0.2, -0.15) is 9.40 Å². The van der Waals surface area contributed by atoms with Crippen molar-refractivity contribution in [1.82, 2.24) is 19.8 Å². The molecule has 140 valence electrons. The molecule has 1 aliphatic rings. The van der Waals surface area contributed by atoms with E-state index in [1.165, 1.54) is 4.31 Å². The lowest BCUT2D eigenvalue weighted by Crippen LogP contribution is -2.46. The number of carbonyl (C=O) groups is 1. The van der Waals surface area contributed by atoms with Gasteiger partial charge in [0.1, 0.15) is 4.90 Å². The Balaban J connectivity index is 1.57. The number of H-pyrrole nitrogens is 1. The van der Waals surface area contributed by atoms with Gasteiger partial charge in [-0.15, -0.1) is 0 Å². The Morgan fingerprint density at radius 2 is 1.88 bits per heavy atom. The number of amides is 1. The highest BCUT2D eigenvalue weighted by atomic mass is 32.2. The summed E-state index contributed by atoms with van der Waals surface area (Å²) in [4.78, 5) is 12.4. The van der Waals surface area contributed by atoms with Gasteiger partial charge in [0.15, 0.2) is 0 Å². The first-order chi connectivity index (χ1) is 12.4. The van der Waals surface area contributed by atoms with Crippen molar-refractivity contribution < 1.29 is 13.2 Å². The molecule has 0 saturated carbocycles. The van der Waals surface area contributed by atoms with E-state index < -0.39 is 10.0 Å². The summed E-state index contributed by atoms with van der Waals surface area (Å²) in [5, 5.41) is 9.73. The summed E-state index contributed by atoms with van der Waals surface area (Å²) in [5.41, 5.74) is 2.01. The van der Waals surface area contributed by atoms with Crippen LogP contribution in [-0.2, 0) is 21.2 Å². The van der Waals surface area contributed by atoms with Gasteiger partial charge in [-0.1, -0.05) is 30.3 Å². The van der Waals surface area contributed by atoms with E-state index in [9.17, 15) is 13.2 Å². The first-order valence-corrected chi connectivity index (χ1v) is 10.2. The smallest absolute Gasteiger partial charge is 0.246 e. The fourth-order valence-electron chi connectivity index (χ4n) is 3.35. The van der Waals surface area contributed by atoms with Crippen LogP contribution in [0.4, 0.5) is 0 Å². The fourth-order valence-corrected chi connectivity index (χ4v) is 5.15. The minimum absolute atomic E-state index is 0.00389. The van der Waals surface area contributed by atoms with E-state index in [0.29, 0.717) is 43.7 Å². The Hall–Kier alpha value is -2.19. The average Bonchev–Trinajstić information content (AvgIpc) is 2.95. The summed E-state index contributed by atoms with van der Waals surface area (Å²) < 4.78 is 27.2. The van der Waals surface area contributed by atoms with Gasteiger partial charge >= 0.3 is 0 Å². The van der Waals surface area contributed by atoms with Gasteiger partial charge in [0.2, 0.25) is 15.9 Å². The second kappa shape index (κ2) is 7.59. The molecule has 2 heterocycles. The van der Waals surface area contributed by atoms with E-state index in [4.69, 9.17) is 0 Å². The molecule has 0 atom stereocenters. The van der Waals surface area contributed by atoms with Gasteiger partial charge in [-0.3, -0.25) is 9.89 Å². The molecule has 2 N–H and O–H groups in total. The van der Waals surface area contributed by atoms with Crippen LogP contribution < -0.4 is 5.32 Å². The first-order valence-electron chi connectivity index (χ1n) is 8.73. The number of piperidine rings is 1. The first kappa shape index (κ1) is 18.6. The molecular weight excluding hydrogens is 352 g/mol. The summed E-state index contributed by atoms with van der Waals surface area (Å²) in [6.45, 7) is 4.18. The van der Waals surface area contributed by atoms with Crippen molar-refractivity contribution in [1.29, 1.82) is 0 Å². The lowest BCUT2D eigenvalue weighted by atomic mass is 10.1. The Labute approximate surface area is 153 Å². The molecule has 8 heteroatoms. The van der Waals surface area contributed by atoms with Crippen LogP contribution in [0.25, 0.3) is 0 Å². The third kappa shape index (κ3) is 3.96. The van der Waals surface area contributed by atoms with E-state index >= 15 is 0 Å². The van der Waals surface area contributed by atoms with Gasteiger partial charge in [-0.25, -0.2) is 8.42 Å². The molecule has 26 heavy (non-hydrogen) atoms. The molecule has 1 aromatic carbocycles. The molecule has 3 rings (SSSR count). The van der Waals surface area contributed by atoms with Crippen molar-refractivity contribution in [3.8, 4) is 0 Å². The highest BCUT2D eigenvalue weighted by molar-refractivity contribution is 7.89. The van der Waals surface area contributed by atoms with E-state index in [1.807, 2.05) is 30.3 Å². The number of rotatable bonds is 5. The van der Waals surface area contributed by atoms with Gasteiger partial charge in [0.25, 0.3) is 0 Å². The number of hydrogen-bond acceptors (Lipinski definition) is 4. The molecule has 0 aliphatic carbocycles. The zero-order chi connectivity index (χ0) is 18.7. The number of benzene rings is 1.